The number of carbonyl (C=O) groups excluding carboxylic acids is 4. The van der Waals surface area contributed by atoms with Crippen molar-refractivity contribution in [3.8, 4) is 11.4 Å². The summed E-state index contributed by atoms with van der Waals surface area (Å²) < 4.78 is 20.2. The molecule has 3 fully saturated rings. The molecule has 2 amide bonds. The van der Waals surface area contributed by atoms with Gasteiger partial charge in [-0.05, 0) is 234 Å². The number of nitrogens with zero attached hydrogens (tertiary/aromatic N) is 5. The second kappa shape index (κ2) is 54.3. The predicted molar refractivity (Wildman–Crippen MR) is 462 cm³/mol. The molecule has 2 heterocycles. The number of aliphatic carboxylic acids is 1. The molecular formula is C82H96Cl5FK2N12O8S3. The van der Waals surface area contributed by atoms with Crippen LogP contribution in [0, 0.1) is 60.2 Å². The van der Waals surface area contributed by atoms with Gasteiger partial charge in [0, 0.05) is 45.8 Å². The third kappa shape index (κ3) is 34.0. The molecule has 11 aromatic rings. The molecular weight excluding hydrogens is 1650 g/mol. The number of hydrogen-bond donors (Lipinski definition) is 8. The third-order valence-corrected chi connectivity index (χ3v) is 18.9. The number of thiocarbonyl (C=S) groups is 1. The number of fused-ring (bicyclic) bond motifs is 3. The van der Waals surface area contributed by atoms with Gasteiger partial charge in [0.25, 0.3) is 12.4 Å². The van der Waals surface area contributed by atoms with E-state index in [2.05, 4.69) is 173 Å². The van der Waals surface area contributed by atoms with Gasteiger partial charge in [-0.25, -0.2) is 5.84 Å². The van der Waals surface area contributed by atoms with E-state index < -0.39 is 18.4 Å². The molecule has 9 aromatic carbocycles. The first-order chi connectivity index (χ1) is 53.1. The molecule has 0 spiro atoms. The first-order valence-corrected chi connectivity index (χ1v) is 38.7. The smallest absolute Gasteiger partial charge is 1.00 e. The summed E-state index contributed by atoms with van der Waals surface area (Å²) in [6.07, 6.45) is 7.78. The molecule has 3 aliphatic rings. The Balaban J connectivity index is 0.000000702. The summed E-state index contributed by atoms with van der Waals surface area (Å²) in [6, 6.07) is 56.6. The van der Waals surface area contributed by atoms with Gasteiger partial charge in [0.2, 0.25) is 17.1 Å². The number of carboxylic acid groups (broad SMARTS) is 1. The van der Waals surface area contributed by atoms with Gasteiger partial charge in [0.1, 0.15) is 17.5 Å². The zero-order valence-electron chi connectivity index (χ0n) is 66.4. The first-order valence-electron chi connectivity index (χ1n) is 35.1. The van der Waals surface area contributed by atoms with Crippen molar-refractivity contribution in [3.63, 3.8) is 0 Å². The zero-order valence-corrected chi connectivity index (χ0v) is 76.8. The van der Waals surface area contributed by atoms with E-state index in [1.54, 1.807) is 0 Å². The van der Waals surface area contributed by atoms with Crippen molar-refractivity contribution >= 4 is 184 Å². The van der Waals surface area contributed by atoms with Crippen LogP contribution in [0.25, 0.3) is 43.7 Å². The van der Waals surface area contributed by atoms with Gasteiger partial charge in [-0.1, -0.05) is 163 Å². The molecule has 14 rings (SSSR count). The monoisotopic (exact) mass is 1750 g/mol. The minimum Gasteiger partial charge on any atom is -1.00 e. The number of aromatic nitrogens is 6. The molecule has 113 heavy (non-hydrogen) atoms. The largest absolute Gasteiger partial charge is 1.00 e. The van der Waals surface area contributed by atoms with Crippen LogP contribution in [0.4, 0.5) is 27.1 Å². The Hall–Kier alpha value is -5.78. The fourth-order valence-electron chi connectivity index (χ4n) is 11.5. The Morgan fingerprint density at radius 3 is 1.36 bits per heavy atom. The number of nitrogens with two attached hydrogens (primary N) is 2. The number of aromatic amines is 1. The average molecular weight is 1750 g/mol. The van der Waals surface area contributed by atoms with Gasteiger partial charge < -0.3 is 43.8 Å². The molecule has 0 unspecified atom stereocenters. The fourth-order valence-corrected chi connectivity index (χ4v) is 12.7. The van der Waals surface area contributed by atoms with Gasteiger partial charge in [0.05, 0.1) is 36.9 Å². The number of hydrazine groups is 1. The maximum absolute atomic E-state index is 12.6. The number of carboxylic acids is 1. The number of anilines is 4. The summed E-state index contributed by atoms with van der Waals surface area (Å²) in [4.78, 5) is 53.3. The van der Waals surface area contributed by atoms with Crippen LogP contribution < -0.4 is 141 Å². The van der Waals surface area contributed by atoms with Crippen LogP contribution in [0.15, 0.2) is 169 Å². The summed E-state index contributed by atoms with van der Waals surface area (Å²) in [5.41, 5.74) is 25.0. The number of H-pyrrole nitrogens is 1. The van der Waals surface area contributed by atoms with E-state index in [-0.39, 0.29) is 153 Å². The van der Waals surface area contributed by atoms with E-state index in [0.717, 1.165) is 86.4 Å². The predicted octanol–water partition coefficient (Wildman–Crippen LogP) is 13.7. The van der Waals surface area contributed by atoms with Crippen molar-refractivity contribution in [2.75, 3.05) is 51.7 Å². The van der Waals surface area contributed by atoms with Crippen LogP contribution in [-0.2, 0) is 28.9 Å². The second-order valence-electron chi connectivity index (χ2n) is 25.2. The SMILES string of the molecule is C.CC(=O)O.Cc1ccc(N)c(C)c1.Cc1ccc(NC(=O)CCl)c(C)c1.Cc1ccc(NC(=O)CSc2nnc(C)n2-c2ccc(C3CC3)c3ccccc23)c(C)c1.Cc1n[nH]c(=S)n1-c1ccc(C2CC2)c2ccccc12.ClCCl.NNC(=S)Nc1ccc(C2CC2)c2ccccc12.O=C(Cl)CCl.O=CO[O-].[2H]CF.[H-].[K+].[K+]. The number of nitrogens with one attached hydrogen (secondary N) is 5. The first kappa shape index (κ1) is 101. The Kier molecular flexibility index (Phi) is 48.7. The molecule has 594 valence electrons. The molecule has 0 bridgehead atoms. The van der Waals surface area contributed by atoms with E-state index in [1.165, 1.54) is 116 Å². The molecule has 20 nitrogen and oxygen atoms in total. The number of alkyl halides is 5. The number of amides is 2. The van der Waals surface area contributed by atoms with Crippen LogP contribution in [0.5, 0.6) is 0 Å². The number of rotatable bonds is 14. The molecule has 0 atom stereocenters. The molecule has 0 radical (unpaired) electrons. The van der Waals surface area contributed by atoms with Crippen molar-refractivity contribution in [3.05, 3.63) is 230 Å². The Bertz CT molecular complexity index is 5000. The number of aryl methyl sites for hydroxylation is 8. The summed E-state index contributed by atoms with van der Waals surface area (Å²) in [5, 5.41) is 48.9. The molecule has 3 saturated carbocycles. The van der Waals surface area contributed by atoms with Crippen LogP contribution in [0.2, 0.25) is 0 Å². The second-order valence-corrected chi connectivity index (χ2v) is 28.7. The molecule has 10 N–H and O–H groups in total. The van der Waals surface area contributed by atoms with E-state index in [0.29, 0.717) is 15.8 Å². The van der Waals surface area contributed by atoms with Crippen molar-refractivity contribution in [1.82, 2.24) is 35.0 Å². The maximum Gasteiger partial charge on any atom is 1.00 e. The summed E-state index contributed by atoms with van der Waals surface area (Å²) >= 11 is 36.3. The Morgan fingerprint density at radius 1 is 0.628 bits per heavy atom. The van der Waals surface area contributed by atoms with Crippen LogP contribution in [0.3, 0.4) is 0 Å². The molecule has 0 saturated heterocycles. The van der Waals surface area contributed by atoms with E-state index in [1.807, 2.05) is 102 Å². The minimum absolute atomic E-state index is 0. The van der Waals surface area contributed by atoms with Gasteiger partial charge >= 0.3 is 103 Å². The number of nitrogen functional groups attached to an aromatic ring is 1. The summed E-state index contributed by atoms with van der Waals surface area (Å²) in [6.45, 7) is 16.9. The molecule has 31 heteroatoms. The van der Waals surface area contributed by atoms with E-state index in [4.69, 9.17) is 115 Å². The average Bonchev–Trinajstić information content (AvgIpc) is 1.62. The minimum atomic E-state index is -1.00. The maximum atomic E-state index is 12.6. The molecule has 2 aromatic heterocycles. The van der Waals surface area contributed by atoms with Crippen LogP contribution >= 0.6 is 94.2 Å². The summed E-state index contributed by atoms with van der Waals surface area (Å²) in [5.74, 6) is 8.27. The topological polar surface area (TPSA) is 302 Å². The van der Waals surface area contributed by atoms with Gasteiger partial charge in [-0.15, -0.1) is 56.6 Å². The van der Waals surface area contributed by atoms with Crippen molar-refractivity contribution in [1.29, 1.82) is 0 Å². The standard InChI is InChI=1S/C26H26N4OS.C16H15N3S.C14H15N3S.C10H12ClNO.C8H11N.C2H2Cl2O.C2H4O2.CH2Cl2.CH3F.CH2O3.CH4.2K.H/c1-16-8-12-23(17(2)14-16)27-25(31)15-32-26-29-28-18(3)30(26)24-13-11-20(19-9-10-19)21-6-4-5-7-22(21)24;1-10-17-18-16(20)19(10)15-9-8-12(11-6-7-11)13-4-2-3-5-14(13)15;15-17-14(18)16-13-8-7-10(9-5-6-9)11-3-1-2-4-12(11)13;1-7-3-4-9(8(2)5-7)12-10(13)6-11;1-6-3-4-8(9)7(2)5-6;3-1-2(4)5;1-2(3)4;2-1-3;1-2;2-1-4-3;;;;/h4-8,11-14,19H,9-10,15H2,1-3H3,(H,27,31);2-5,8-9,11H,6-7H2,1H3,(H,18,20);1-4,7-9H,5-6,15H2,(H2,16,17,18);3-5H,6H2,1-2H3,(H,12,13);3-5H,9H2,1-2H3;1H2;1H3,(H,3,4);1H2;1H3;1,3H;1H4;;;/q;;;;;;;;;;;2*+1;-1/p-1/i;;;;;;;;1D;;;;;. The van der Waals surface area contributed by atoms with Gasteiger partial charge in [0.15, 0.2) is 15.0 Å². The van der Waals surface area contributed by atoms with Crippen LogP contribution in [0.1, 0.15) is 135 Å². The number of carbonyl (C=O) groups is 5. The fraction of sp³-hybridized carbons (Fsp3) is 0.293. The van der Waals surface area contributed by atoms with Gasteiger partial charge in [-0.2, -0.15) is 5.10 Å². The van der Waals surface area contributed by atoms with Crippen molar-refractivity contribution in [2.24, 2.45) is 5.84 Å². The number of thioether (sulfide) groups is 1. The zero-order chi connectivity index (χ0) is 81.9. The van der Waals surface area contributed by atoms with Gasteiger partial charge in [-0.3, -0.25) is 42.6 Å². The Morgan fingerprint density at radius 2 is 1.00 bits per heavy atom. The van der Waals surface area contributed by atoms with Crippen molar-refractivity contribution in [2.45, 2.75) is 131 Å². The number of hydrogen-bond acceptors (Lipinski definition) is 15. The number of halogens is 6. The van der Waals surface area contributed by atoms with Crippen molar-refractivity contribution < 1.29 is 149 Å². The Labute approximate surface area is 788 Å². The third-order valence-electron chi connectivity index (χ3n) is 16.7. The normalized spacial score (nSPS) is 11.7. The number of benzene rings is 9. The van der Waals surface area contributed by atoms with Crippen LogP contribution in [-0.4, -0.2) is 99.3 Å². The van der Waals surface area contributed by atoms with E-state index >= 15 is 0 Å². The quantitative estimate of drug-likeness (QED) is 0.00479. The molecule has 3 aliphatic carbocycles. The molecule has 0 aliphatic heterocycles. The van der Waals surface area contributed by atoms with E-state index in [9.17, 15) is 18.8 Å². The summed E-state index contributed by atoms with van der Waals surface area (Å²) in [7, 11) is -1.00.